The molecule has 0 amide bonds. The summed E-state index contributed by atoms with van der Waals surface area (Å²) in [6.45, 7) is 10.8. The van der Waals surface area contributed by atoms with Crippen LogP contribution in [-0.2, 0) is 0 Å². The van der Waals surface area contributed by atoms with Crippen molar-refractivity contribution in [1.29, 1.82) is 0 Å². The summed E-state index contributed by atoms with van der Waals surface area (Å²) in [5.74, 6) is 0. The fourth-order valence-electron chi connectivity index (χ4n) is 4.72. The fourth-order valence-corrected chi connectivity index (χ4v) is 4.72. The minimum atomic E-state index is -0.270. The van der Waals surface area contributed by atoms with Crippen molar-refractivity contribution >= 4 is 0 Å². The number of allylic oxidation sites excluding steroid dienone is 6. The lowest BCUT2D eigenvalue weighted by molar-refractivity contribution is 0.278. The third-order valence-electron chi connectivity index (χ3n) is 6.25. The van der Waals surface area contributed by atoms with Crippen LogP contribution in [0, 0.1) is 5.41 Å². The topological polar surface area (TPSA) is 26.0 Å². The SMILES string of the molecule is C=C(C)C1=CC=C(C2=CCC3(C)CCCC=C3C2(N)CC)CC1. The molecule has 1 heteroatoms. The molecular weight excluding hydrogens is 278 g/mol. The second-order valence-electron chi connectivity index (χ2n) is 7.88. The van der Waals surface area contributed by atoms with Gasteiger partial charge in [0.1, 0.15) is 0 Å². The molecule has 2 N–H and O–H groups in total. The van der Waals surface area contributed by atoms with Crippen molar-refractivity contribution in [2.75, 3.05) is 0 Å². The molecule has 23 heavy (non-hydrogen) atoms. The first-order chi connectivity index (χ1) is 10.9. The molecular formula is C22H31N. The molecule has 0 spiro atoms. The Kier molecular flexibility index (Phi) is 4.27. The Morgan fingerprint density at radius 2 is 2.04 bits per heavy atom. The molecule has 0 aliphatic heterocycles. The van der Waals surface area contributed by atoms with E-state index in [0.717, 1.165) is 25.7 Å². The molecule has 1 nitrogen and oxygen atoms in total. The Morgan fingerprint density at radius 3 is 2.65 bits per heavy atom. The summed E-state index contributed by atoms with van der Waals surface area (Å²) in [5, 5.41) is 0. The number of hydrogen-bond acceptors (Lipinski definition) is 1. The van der Waals surface area contributed by atoms with E-state index in [-0.39, 0.29) is 11.0 Å². The minimum absolute atomic E-state index is 0.270. The van der Waals surface area contributed by atoms with Gasteiger partial charge in [0.25, 0.3) is 0 Å². The van der Waals surface area contributed by atoms with Crippen molar-refractivity contribution < 1.29 is 0 Å². The van der Waals surface area contributed by atoms with Gasteiger partial charge in [0.15, 0.2) is 0 Å². The predicted octanol–water partition coefficient (Wildman–Crippen LogP) is 5.76. The van der Waals surface area contributed by atoms with E-state index in [9.17, 15) is 0 Å². The Bertz CT molecular complexity index is 643. The molecule has 0 heterocycles. The Morgan fingerprint density at radius 1 is 1.26 bits per heavy atom. The van der Waals surface area contributed by atoms with Gasteiger partial charge in [0, 0.05) is 0 Å². The standard InChI is InChI=1S/C22H31N/c1-5-22(23)19(18-11-9-17(10-12-18)16(2)3)13-15-21(4)14-7-6-8-20(21)22/h8-9,11,13H,2,5-7,10,12,14-15,23H2,1,3-4H3. The zero-order chi connectivity index (χ0) is 16.7. The van der Waals surface area contributed by atoms with Crippen LogP contribution < -0.4 is 5.73 Å². The van der Waals surface area contributed by atoms with E-state index in [1.165, 1.54) is 47.1 Å². The molecule has 0 aromatic carbocycles. The van der Waals surface area contributed by atoms with E-state index in [1.54, 1.807) is 0 Å². The van der Waals surface area contributed by atoms with E-state index in [1.807, 2.05) is 0 Å². The summed E-state index contributed by atoms with van der Waals surface area (Å²) in [6, 6.07) is 0. The predicted molar refractivity (Wildman–Crippen MR) is 100 cm³/mol. The van der Waals surface area contributed by atoms with Crippen LogP contribution in [0.1, 0.15) is 65.7 Å². The smallest absolute Gasteiger partial charge is 0.0627 e. The average molecular weight is 309 g/mol. The first-order valence-corrected chi connectivity index (χ1v) is 9.17. The first-order valence-electron chi connectivity index (χ1n) is 9.17. The van der Waals surface area contributed by atoms with Gasteiger partial charge < -0.3 is 5.73 Å². The fraction of sp³-hybridized carbons (Fsp3) is 0.545. The summed E-state index contributed by atoms with van der Waals surface area (Å²) in [4.78, 5) is 0. The van der Waals surface area contributed by atoms with Gasteiger partial charge in [-0.1, -0.05) is 50.3 Å². The number of rotatable bonds is 3. The monoisotopic (exact) mass is 309 g/mol. The Labute approximate surface area is 141 Å². The maximum atomic E-state index is 7.05. The maximum absolute atomic E-state index is 7.05. The molecule has 0 aromatic heterocycles. The second kappa shape index (κ2) is 5.94. The Balaban J connectivity index is 2.02. The largest absolute Gasteiger partial charge is 0.318 e. The molecule has 3 aliphatic carbocycles. The molecule has 3 aliphatic rings. The van der Waals surface area contributed by atoms with Gasteiger partial charge in [0.2, 0.25) is 0 Å². The quantitative estimate of drug-likeness (QED) is 0.659. The van der Waals surface area contributed by atoms with Gasteiger partial charge in [0.05, 0.1) is 5.54 Å². The molecule has 2 atom stereocenters. The third-order valence-corrected chi connectivity index (χ3v) is 6.25. The van der Waals surface area contributed by atoms with Crippen LogP contribution in [0.15, 0.2) is 58.7 Å². The molecule has 0 aromatic rings. The van der Waals surface area contributed by atoms with Gasteiger partial charge in [-0.15, -0.1) is 0 Å². The van der Waals surface area contributed by atoms with Crippen molar-refractivity contribution in [2.24, 2.45) is 11.1 Å². The van der Waals surface area contributed by atoms with E-state index in [2.05, 4.69) is 51.7 Å². The Hall–Kier alpha value is -1.34. The van der Waals surface area contributed by atoms with Crippen molar-refractivity contribution in [1.82, 2.24) is 0 Å². The van der Waals surface area contributed by atoms with Crippen LogP contribution in [0.3, 0.4) is 0 Å². The average Bonchev–Trinajstić information content (AvgIpc) is 2.55. The van der Waals surface area contributed by atoms with Crippen LogP contribution >= 0.6 is 0 Å². The molecule has 0 fully saturated rings. The van der Waals surface area contributed by atoms with Crippen LogP contribution in [0.25, 0.3) is 0 Å². The summed E-state index contributed by atoms with van der Waals surface area (Å²) >= 11 is 0. The van der Waals surface area contributed by atoms with Gasteiger partial charge in [-0.05, 0) is 79.6 Å². The van der Waals surface area contributed by atoms with Gasteiger partial charge in [-0.3, -0.25) is 0 Å². The summed E-state index contributed by atoms with van der Waals surface area (Å²) < 4.78 is 0. The van der Waals surface area contributed by atoms with E-state index in [4.69, 9.17) is 5.73 Å². The second-order valence-corrected chi connectivity index (χ2v) is 7.88. The zero-order valence-corrected chi connectivity index (χ0v) is 15.0. The summed E-state index contributed by atoms with van der Waals surface area (Å²) in [7, 11) is 0. The van der Waals surface area contributed by atoms with Crippen LogP contribution in [0.2, 0.25) is 0 Å². The lowest BCUT2D eigenvalue weighted by Crippen LogP contribution is -2.51. The number of nitrogens with two attached hydrogens (primary N) is 1. The van der Waals surface area contributed by atoms with Crippen molar-refractivity contribution in [3.63, 3.8) is 0 Å². The van der Waals surface area contributed by atoms with Crippen molar-refractivity contribution in [3.05, 3.63) is 58.7 Å². The van der Waals surface area contributed by atoms with E-state index >= 15 is 0 Å². The molecule has 124 valence electrons. The number of fused-ring (bicyclic) bond motifs is 1. The summed E-state index contributed by atoms with van der Waals surface area (Å²) in [5.41, 5.74) is 14.0. The molecule has 0 saturated carbocycles. The van der Waals surface area contributed by atoms with Gasteiger partial charge in [-0.25, -0.2) is 0 Å². The van der Waals surface area contributed by atoms with Crippen molar-refractivity contribution in [2.45, 2.75) is 71.3 Å². The van der Waals surface area contributed by atoms with Crippen LogP contribution in [0.4, 0.5) is 0 Å². The summed E-state index contributed by atoms with van der Waals surface area (Å²) in [6.07, 6.45) is 17.5. The zero-order valence-electron chi connectivity index (χ0n) is 15.0. The number of hydrogen-bond donors (Lipinski definition) is 1. The molecule has 0 radical (unpaired) electrons. The van der Waals surface area contributed by atoms with Gasteiger partial charge >= 0.3 is 0 Å². The van der Waals surface area contributed by atoms with Crippen molar-refractivity contribution in [3.8, 4) is 0 Å². The minimum Gasteiger partial charge on any atom is -0.318 e. The highest BCUT2D eigenvalue weighted by Gasteiger charge is 2.46. The normalized spacial score (nSPS) is 33.9. The highest BCUT2D eigenvalue weighted by molar-refractivity contribution is 5.54. The first kappa shape index (κ1) is 16.5. The molecule has 3 rings (SSSR count). The molecule has 0 bridgehead atoms. The lowest BCUT2D eigenvalue weighted by atomic mass is 9.57. The highest BCUT2D eigenvalue weighted by Crippen LogP contribution is 2.53. The maximum Gasteiger partial charge on any atom is 0.0627 e. The van der Waals surface area contributed by atoms with E-state index in [0.29, 0.717) is 0 Å². The molecule has 2 unspecified atom stereocenters. The third kappa shape index (κ3) is 2.70. The molecule has 0 saturated heterocycles. The van der Waals surface area contributed by atoms with E-state index < -0.39 is 0 Å². The van der Waals surface area contributed by atoms with Gasteiger partial charge in [-0.2, -0.15) is 0 Å². The lowest BCUT2D eigenvalue weighted by Gasteiger charge is -2.50. The van der Waals surface area contributed by atoms with Crippen LogP contribution in [-0.4, -0.2) is 5.54 Å². The van der Waals surface area contributed by atoms with Crippen LogP contribution in [0.5, 0.6) is 0 Å². The highest BCUT2D eigenvalue weighted by atomic mass is 14.8.